The monoisotopic (exact) mass is 454 g/mol. The number of carbonyl (C=O) groups is 2. The largest absolute Gasteiger partial charge is 0.483 e. The van der Waals surface area contributed by atoms with E-state index in [1.807, 2.05) is 31.2 Å². The predicted molar refractivity (Wildman–Crippen MR) is 127 cm³/mol. The number of nitrogens with zero attached hydrogens (tertiary/aromatic N) is 1. The molecule has 0 aromatic heterocycles. The third kappa shape index (κ3) is 6.80. The molecule has 2 amide bonds. The number of nitrogens with one attached hydrogen (secondary N) is 1. The molecule has 1 atom stereocenters. The van der Waals surface area contributed by atoms with Gasteiger partial charge in [0, 0.05) is 12.6 Å². The molecule has 1 saturated carbocycles. The molecule has 1 aliphatic rings. The van der Waals surface area contributed by atoms with Crippen LogP contribution in [0.4, 0.5) is 4.39 Å². The minimum Gasteiger partial charge on any atom is -0.483 e. The molecule has 0 saturated heterocycles. The zero-order valence-electron chi connectivity index (χ0n) is 19.9. The van der Waals surface area contributed by atoms with Crippen molar-refractivity contribution in [1.29, 1.82) is 0 Å². The summed E-state index contributed by atoms with van der Waals surface area (Å²) in [6.45, 7) is 6.10. The number of carbonyl (C=O) groups excluding carboxylic acids is 2. The average Bonchev–Trinajstić information content (AvgIpc) is 3.31. The van der Waals surface area contributed by atoms with Gasteiger partial charge in [0.25, 0.3) is 5.91 Å². The highest BCUT2D eigenvalue weighted by molar-refractivity contribution is 5.88. The van der Waals surface area contributed by atoms with Crippen LogP contribution in [0, 0.1) is 5.82 Å². The third-order valence-corrected chi connectivity index (χ3v) is 6.25. The molecule has 2 aromatic rings. The van der Waals surface area contributed by atoms with Crippen molar-refractivity contribution in [3.63, 3.8) is 0 Å². The lowest BCUT2D eigenvalue weighted by atomic mass is 10.0. The summed E-state index contributed by atoms with van der Waals surface area (Å²) in [7, 11) is 0. The number of benzene rings is 2. The predicted octanol–water partition coefficient (Wildman–Crippen LogP) is 5.19. The summed E-state index contributed by atoms with van der Waals surface area (Å²) in [5.41, 5.74) is 1.79. The highest BCUT2D eigenvalue weighted by Crippen LogP contribution is 2.26. The molecule has 1 unspecified atom stereocenters. The standard InChI is InChI=1S/C27H35FN2O3/c1-4-24(27(32)29-22-9-5-6-10-22)30(17-20-13-15-21(28)16-14-20)26(31)18-33-25-12-8-7-11-23(25)19(2)3/h7-8,11-16,19,22,24H,4-6,9-10,17-18H2,1-3H3,(H,29,32). The molecule has 3 rings (SSSR count). The lowest BCUT2D eigenvalue weighted by Gasteiger charge is -2.31. The summed E-state index contributed by atoms with van der Waals surface area (Å²) in [6.07, 6.45) is 4.66. The molecule has 1 fully saturated rings. The maximum absolute atomic E-state index is 13.4. The van der Waals surface area contributed by atoms with Crippen LogP contribution in [0.1, 0.15) is 69.9 Å². The van der Waals surface area contributed by atoms with E-state index in [4.69, 9.17) is 4.74 Å². The second kappa shape index (κ2) is 11.8. The fourth-order valence-electron chi connectivity index (χ4n) is 4.38. The zero-order valence-corrected chi connectivity index (χ0v) is 19.9. The van der Waals surface area contributed by atoms with Gasteiger partial charge in [-0.2, -0.15) is 0 Å². The van der Waals surface area contributed by atoms with Gasteiger partial charge in [-0.15, -0.1) is 0 Å². The first-order valence-corrected chi connectivity index (χ1v) is 11.9. The van der Waals surface area contributed by atoms with Crippen molar-refractivity contribution in [2.24, 2.45) is 0 Å². The quantitative estimate of drug-likeness (QED) is 0.537. The van der Waals surface area contributed by atoms with Crippen molar-refractivity contribution in [3.05, 3.63) is 65.5 Å². The summed E-state index contributed by atoms with van der Waals surface area (Å²) >= 11 is 0. The summed E-state index contributed by atoms with van der Waals surface area (Å²) in [5.74, 6) is 0.184. The van der Waals surface area contributed by atoms with Crippen LogP contribution in [0.3, 0.4) is 0 Å². The van der Waals surface area contributed by atoms with Crippen LogP contribution < -0.4 is 10.1 Å². The van der Waals surface area contributed by atoms with Gasteiger partial charge in [0.2, 0.25) is 5.91 Å². The highest BCUT2D eigenvalue weighted by atomic mass is 19.1. The summed E-state index contributed by atoms with van der Waals surface area (Å²) in [6, 6.07) is 13.3. The summed E-state index contributed by atoms with van der Waals surface area (Å²) < 4.78 is 19.3. The van der Waals surface area contributed by atoms with Crippen LogP contribution >= 0.6 is 0 Å². The van der Waals surface area contributed by atoms with Crippen molar-refractivity contribution in [2.45, 2.75) is 77.4 Å². The summed E-state index contributed by atoms with van der Waals surface area (Å²) in [4.78, 5) is 28.1. The SMILES string of the molecule is CCC(C(=O)NC1CCCC1)N(Cc1ccc(F)cc1)C(=O)COc1ccccc1C(C)C. The van der Waals surface area contributed by atoms with Gasteiger partial charge in [-0.1, -0.05) is 63.9 Å². The number of ether oxygens (including phenoxy) is 1. The van der Waals surface area contributed by atoms with Crippen molar-refractivity contribution in [3.8, 4) is 5.75 Å². The molecule has 0 bridgehead atoms. The van der Waals surface area contributed by atoms with E-state index in [9.17, 15) is 14.0 Å². The van der Waals surface area contributed by atoms with Crippen molar-refractivity contribution in [2.75, 3.05) is 6.61 Å². The Morgan fingerprint density at radius 3 is 2.39 bits per heavy atom. The van der Waals surface area contributed by atoms with Crippen LogP contribution in [0.5, 0.6) is 5.75 Å². The van der Waals surface area contributed by atoms with Crippen LogP contribution in [0.25, 0.3) is 0 Å². The number of hydrogen-bond donors (Lipinski definition) is 1. The van der Waals surface area contributed by atoms with Gasteiger partial charge in [0.15, 0.2) is 6.61 Å². The minimum absolute atomic E-state index is 0.137. The van der Waals surface area contributed by atoms with E-state index in [-0.39, 0.29) is 42.7 Å². The molecule has 0 aliphatic heterocycles. The Balaban J connectivity index is 1.78. The van der Waals surface area contributed by atoms with Gasteiger partial charge < -0.3 is 15.0 Å². The fourth-order valence-corrected chi connectivity index (χ4v) is 4.38. The Hall–Kier alpha value is -2.89. The molecule has 33 heavy (non-hydrogen) atoms. The minimum atomic E-state index is -0.618. The Kier molecular flexibility index (Phi) is 8.87. The maximum atomic E-state index is 13.4. The molecule has 2 aromatic carbocycles. The highest BCUT2D eigenvalue weighted by Gasteiger charge is 2.31. The van der Waals surface area contributed by atoms with Gasteiger partial charge >= 0.3 is 0 Å². The molecule has 6 heteroatoms. The number of para-hydroxylation sites is 1. The first kappa shape index (κ1) is 24.7. The lowest BCUT2D eigenvalue weighted by Crippen LogP contribution is -2.52. The fraction of sp³-hybridized carbons (Fsp3) is 0.481. The first-order valence-electron chi connectivity index (χ1n) is 11.9. The van der Waals surface area contributed by atoms with Gasteiger partial charge in [-0.05, 0) is 54.5 Å². The van der Waals surface area contributed by atoms with E-state index in [2.05, 4.69) is 19.2 Å². The maximum Gasteiger partial charge on any atom is 0.261 e. The molecule has 5 nitrogen and oxygen atoms in total. The van der Waals surface area contributed by atoms with Gasteiger partial charge in [0.05, 0.1) is 0 Å². The van der Waals surface area contributed by atoms with Gasteiger partial charge in [0.1, 0.15) is 17.6 Å². The van der Waals surface area contributed by atoms with Crippen LogP contribution in [-0.2, 0) is 16.1 Å². The molecule has 1 aliphatic carbocycles. The Morgan fingerprint density at radius 2 is 1.76 bits per heavy atom. The topological polar surface area (TPSA) is 58.6 Å². The number of hydrogen-bond acceptors (Lipinski definition) is 3. The van der Waals surface area contributed by atoms with E-state index in [1.54, 1.807) is 17.0 Å². The lowest BCUT2D eigenvalue weighted by molar-refractivity contribution is -0.143. The molecule has 178 valence electrons. The average molecular weight is 455 g/mol. The van der Waals surface area contributed by atoms with Crippen molar-refractivity contribution >= 4 is 11.8 Å². The molecule has 0 spiro atoms. The van der Waals surface area contributed by atoms with E-state index >= 15 is 0 Å². The van der Waals surface area contributed by atoms with E-state index in [0.717, 1.165) is 36.8 Å². The molecular formula is C27H35FN2O3. The first-order chi connectivity index (χ1) is 15.9. The number of rotatable bonds is 10. The van der Waals surface area contributed by atoms with E-state index in [0.29, 0.717) is 12.2 Å². The zero-order chi connectivity index (χ0) is 23.8. The third-order valence-electron chi connectivity index (χ3n) is 6.25. The molecule has 1 N–H and O–H groups in total. The Labute approximate surface area is 196 Å². The normalized spacial score (nSPS) is 14.8. The molecule has 0 radical (unpaired) electrons. The smallest absolute Gasteiger partial charge is 0.261 e. The summed E-state index contributed by atoms with van der Waals surface area (Å²) in [5, 5.41) is 3.12. The van der Waals surface area contributed by atoms with E-state index < -0.39 is 6.04 Å². The van der Waals surface area contributed by atoms with Gasteiger partial charge in [-0.25, -0.2) is 4.39 Å². The van der Waals surface area contributed by atoms with Crippen molar-refractivity contribution < 1.29 is 18.7 Å². The second-order valence-electron chi connectivity index (χ2n) is 9.04. The van der Waals surface area contributed by atoms with Crippen molar-refractivity contribution in [1.82, 2.24) is 10.2 Å². The van der Waals surface area contributed by atoms with E-state index in [1.165, 1.54) is 12.1 Å². The van der Waals surface area contributed by atoms with Crippen LogP contribution in [-0.4, -0.2) is 35.4 Å². The molecule has 0 heterocycles. The van der Waals surface area contributed by atoms with Gasteiger partial charge in [-0.3, -0.25) is 9.59 Å². The number of amides is 2. The van der Waals surface area contributed by atoms with Crippen LogP contribution in [0.2, 0.25) is 0 Å². The Bertz CT molecular complexity index is 923. The van der Waals surface area contributed by atoms with Crippen LogP contribution in [0.15, 0.2) is 48.5 Å². The molecular weight excluding hydrogens is 419 g/mol. The Morgan fingerprint density at radius 1 is 1.09 bits per heavy atom. The number of halogens is 1. The second-order valence-corrected chi connectivity index (χ2v) is 9.04.